The van der Waals surface area contributed by atoms with E-state index in [1.165, 1.54) is 36.8 Å². The molecule has 1 fully saturated rings. The van der Waals surface area contributed by atoms with E-state index in [2.05, 4.69) is 35.8 Å². The molecule has 2 atom stereocenters. The van der Waals surface area contributed by atoms with E-state index in [1.54, 1.807) is 5.56 Å². The summed E-state index contributed by atoms with van der Waals surface area (Å²) >= 11 is 0. The average Bonchev–Trinajstić information content (AvgIpc) is 2.49. The van der Waals surface area contributed by atoms with Gasteiger partial charge in [-0.25, -0.2) is 0 Å². The number of benzene rings is 1. The van der Waals surface area contributed by atoms with Crippen LogP contribution in [0.4, 0.5) is 0 Å². The van der Waals surface area contributed by atoms with Gasteiger partial charge in [0.1, 0.15) is 0 Å². The summed E-state index contributed by atoms with van der Waals surface area (Å²) in [5, 5.41) is 6.59. The fraction of sp³-hybridized carbons (Fsp3) is 0.588. The minimum atomic E-state index is 0.185. The molecule has 20 heavy (non-hydrogen) atoms. The van der Waals surface area contributed by atoms with Crippen molar-refractivity contribution in [3.63, 3.8) is 0 Å². The van der Waals surface area contributed by atoms with Crippen molar-refractivity contribution in [3.05, 3.63) is 34.9 Å². The zero-order valence-electron chi connectivity index (χ0n) is 12.2. The highest BCUT2D eigenvalue weighted by Gasteiger charge is 2.20. The first-order chi connectivity index (χ1) is 9.72. The Labute approximate surface area is 121 Å². The van der Waals surface area contributed by atoms with Crippen molar-refractivity contribution in [1.29, 1.82) is 0 Å². The molecule has 1 aliphatic heterocycles. The maximum atomic E-state index is 11.2. The van der Waals surface area contributed by atoms with Gasteiger partial charge < -0.3 is 10.6 Å². The molecule has 1 amide bonds. The second-order valence-corrected chi connectivity index (χ2v) is 6.16. The van der Waals surface area contributed by atoms with Gasteiger partial charge in [0.2, 0.25) is 5.91 Å². The maximum absolute atomic E-state index is 11.2. The van der Waals surface area contributed by atoms with Crippen LogP contribution in [0.2, 0.25) is 0 Å². The molecule has 0 spiro atoms. The van der Waals surface area contributed by atoms with Gasteiger partial charge in [0.25, 0.3) is 0 Å². The van der Waals surface area contributed by atoms with Crippen molar-refractivity contribution in [2.75, 3.05) is 6.54 Å². The topological polar surface area (TPSA) is 41.1 Å². The van der Waals surface area contributed by atoms with Gasteiger partial charge in [0.15, 0.2) is 0 Å². The van der Waals surface area contributed by atoms with Crippen LogP contribution in [0.5, 0.6) is 0 Å². The molecule has 108 valence electrons. The summed E-state index contributed by atoms with van der Waals surface area (Å²) < 4.78 is 0. The SMILES string of the molecule is CC(NC1CCC(=O)NC1)c1ccc2c(c1)CCCC2. The van der Waals surface area contributed by atoms with Crippen LogP contribution in [0.25, 0.3) is 0 Å². The first kappa shape index (κ1) is 13.6. The Balaban J connectivity index is 1.64. The summed E-state index contributed by atoms with van der Waals surface area (Å²) in [6.07, 6.45) is 6.73. The molecule has 2 unspecified atom stereocenters. The number of hydrogen-bond donors (Lipinski definition) is 2. The second-order valence-electron chi connectivity index (χ2n) is 6.16. The quantitative estimate of drug-likeness (QED) is 0.887. The number of carbonyl (C=O) groups is 1. The van der Waals surface area contributed by atoms with Gasteiger partial charge in [0.05, 0.1) is 0 Å². The molecule has 3 nitrogen and oxygen atoms in total. The summed E-state index contributed by atoms with van der Waals surface area (Å²) in [4.78, 5) is 11.2. The fourth-order valence-electron chi connectivity index (χ4n) is 3.35. The number of piperidine rings is 1. The monoisotopic (exact) mass is 272 g/mol. The number of aryl methyl sites for hydroxylation is 2. The minimum Gasteiger partial charge on any atom is -0.355 e. The lowest BCUT2D eigenvalue weighted by Gasteiger charge is -2.28. The van der Waals surface area contributed by atoms with Gasteiger partial charge in [-0.1, -0.05) is 18.2 Å². The largest absolute Gasteiger partial charge is 0.355 e. The summed E-state index contributed by atoms with van der Waals surface area (Å²) in [5.74, 6) is 0.185. The van der Waals surface area contributed by atoms with Crippen LogP contribution in [-0.2, 0) is 17.6 Å². The highest BCUT2D eigenvalue weighted by Crippen LogP contribution is 2.25. The Bertz CT molecular complexity index is 488. The van der Waals surface area contributed by atoms with Crippen molar-refractivity contribution >= 4 is 5.91 Å². The third-order valence-electron chi connectivity index (χ3n) is 4.62. The predicted molar refractivity (Wildman–Crippen MR) is 80.7 cm³/mol. The molecule has 0 saturated carbocycles. The molecule has 1 aromatic rings. The molecule has 0 aromatic heterocycles. The molecular weight excluding hydrogens is 248 g/mol. The molecule has 1 aromatic carbocycles. The van der Waals surface area contributed by atoms with Crippen LogP contribution >= 0.6 is 0 Å². The molecule has 2 aliphatic rings. The molecule has 1 saturated heterocycles. The Morgan fingerprint density at radius 1 is 1.20 bits per heavy atom. The summed E-state index contributed by atoms with van der Waals surface area (Å²) in [6.45, 7) is 2.98. The van der Waals surface area contributed by atoms with Crippen molar-refractivity contribution < 1.29 is 4.79 Å². The molecule has 1 aliphatic carbocycles. The van der Waals surface area contributed by atoms with Gasteiger partial charge >= 0.3 is 0 Å². The number of hydrogen-bond acceptors (Lipinski definition) is 2. The summed E-state index contributed by atoms with van der Waals surface area (Å²) in [6, 6.07) is 7.71. The van der Waals surface area contributed by atoms with Crippen molar-refractivity contribution in [1.82, 2.24) is 10.6 Å². The van der Waals surface area contributed by atoms with Crippen molar-refractivity contribution in [2.45, 2.75) is 57.5 Å². The van der Waals surface area contributed by atoms with Crippen molar-refractivity contribution in [3.8, 4) is 0 Å². The lowest BCUT2D eigenvalue weighted by atomic mass is 9.89. The Hall–Kier alpha value is -1.35. The average molecular weight is 272 g/mol. The van der Waals surface area contributed by atoms with Crippen LogP contribution in [0, 0.1) is 0 Å². The Morgan fingerprint density at radius 3 is 2.75 bits per heavy atom. The van der Waals surface area contributed by atoms with E-state index in [1.807, 2.05) is 0 Å². The lowest BCUT2D eigenvalue weighted by molar-refractivity contribution is -0.122. The highest BCUT2D eigenvalue weighted by atomic mass is 16.1. The zero-order chi connectivity index (χ0) is 13.9. The maximum Gasteiger partial charge on any atom is 0.220 e. The standard InChI is InChI=1S/C17H24N2O/c1-12(19-16-8-9-17(20)18-11-16)14-7-6-13-4-2-3-5-15(13)10-14/h6-7,10,12,16,19H,2-5,8-9,11H2,1H3,(H,18,20). The van der Waals surface area contributed by atoms with E-state index in [9.17, 15) is 4.79 Å². The summed E-state index contributed by atoms with van der Waals surface area (Å²) in [7, 11) is 0. The Kier molecular flexibility index (Phi) is 4.06. The first-order valence-corrected chi connectivity index (χ1v) is 7.87. The zero-order valence-corrected chi connectivity index (χ0v) is 12.2. The number of nitrogens with one attached hydrogen (secondary N) is 2. The fourth-order valence-corrected chi connectivity index (χ4v) is 3.35. The second kappa shape index (κ2) is 5.96. The van der Waals surface area contributed by atoms with E-state index in [-0.39, 0.29) is 5.91 Å². The van der Waals surface area contributed by atoms with Crippen molar-refractivity contribution in [2.24, 2.45) is 0 Å². The number of rotatable bonds is 3. The van der Waals surface area contributed by atoms with Crippen LogP contribution in [0.3, 0.4) is 0 Å². The van der Waals surface area contributed by atoms with Gasteiger partial charge in [0, 0.05) is 25.0 Å². The molecule has 2 N–H and O–H groups in total. The van der Waals surface area contributed by atoms with Crippen LogP contribution in [0.1, 0.15) is 55.3 Å². The lowest BCUT2D eigenvalue weighted by Crippen LogP contribution is -2.46. The minimum absolute atomic E-state index is 0.185. The highest BCUT2D eigenvalue weighted by molar-refractivity contribution is 5.76. The molecule has 3 rings (SSSR count). The normalized spacial score (nSPS) is 23.9. The van der Waals surface area contributed by atoms with E-state index in [0.717, 1.165) is 13.0 Å². The van der Waals surface area contributed by atoms with E-state index < -0.39 is 0 Å². The van der Waals surface area contributed by atoms with Gasteiger partial charge in [-0.05, 0) is 55.7 Å². The van der Waals surface area contributed by atoms with Crippen LogP contribution in [-0.4, -0.2) is 18.5 Å². The van der Waals surface area contributed by atoms with Crippen LogP contribution in [0.15, 0.2) is 18.2 Å². The van der Waals surface area contributed by atoms with Gasteiger partial charge in [-0.2, -0.15) is 0 Å². The van der Waals surface area contributed by atoms with E-state index >= 15 is 0 Å². The van der Waals surface area contributed by atoms with E-state index in [0.29, 0.717) is 18.5 Å². The molecular formula is C17H24N2O. The van der Waals surface area contributed by atoms with Gasteiger partial charge in [-0.3, -0.25) is 4.79 Å². The molecule has 1 heterocycles. The number of carbonyl (C=O) groups excluding carboxylic acids is 1. The molecule has 3 heteroatoms. The van der Waals surface area contributed by atoms with E-state index in [4.69, 9.17) is 0 Å². The van der Waals surface area contributed by atoms with Crippen LogP contribution < -0.4 is 10.6 Å². The third-order valence-corrected chi connectivity index (χ3v) is 4.62. The first-order valence-electron chi connectivity index (χ1n) is 7.87. The molecule has 0 bridgehead atoms. The summed E-state index contributed by atoms with van der Waals surface area (Å²) in [5.41, 5.74) is 4.46. The predicted octanol–water partition coefficient (Wildman–Crippen LogP) is 2.49. The number of fused-ring (bicyclic) bond motifs is 1. The molecule has 0 radical (unpaired) electrons. The smallest absolute Gasteiger partial charge is 0.220 e. The third kappa shape index (κ3) is 3.04. The Morgan fingerprint density at radius 2 is 2.00 bits per heavy atom. The number of amides is 1. The van der Waals surface area contributed by atoms with Gasteiger partial charge in [-0.15, -0.1) is 0 Å².